The molecule has 0 aromatic heterocycles. The molecule has 0 aliphatic carbocycles. The molecule has 0 fully saturated rings. The summed E-state index contributed by atoms with van der Waals surface area (Å²) in [7, 11) is 1.56. The molecule has 2 aromatic carbocycles. The van der Waals surface area contributed by atoms with Crippen molar-refractivity contribution in [1.82, 2.24) is 5.32 Å². The molecule has 24 heavy (non-hydrogen) atoms. The monoisotopic (exact) mass is 346 g/mol. The molecule has 2 N–H and O–H groups in total. The molecule has 0 aliphatic heterocycles. The third-order valence-corrected chi connectivity index (χ3v) is 3.79. The maximum absolute atomic E-state index is 12.4. The predicted octanol–water partition coefficient (Wildman–Crippen LogP) is 3.28. The number of benzene rings is 2. The summed E-state index contributed by atoms with van der Waals surface area (Å²) in [5, 5.41) is 5.84. The number of rotatable bonds is 6. The molecule has 0 unspecified atom stereocenters. The third-order valence-electron chi connectivity index (χ3n) is 3.46. The quantitative estimate of drug-likeness (QED) is 0.789. The van der Waals surface area contributed by atoms with Gasteiger partial charge in [-0.3, -0.25) is 9.59 Å². The van der Waals surface area contributed by atoms with Gasteiger partial charge in [0.1, 0.15) is 0 Å². The van der Waals surface area contributed by atoms with E-state index in [1.165, 1.54) is 0 Å². The topological polar surface area (TPSA) is 67.4 Å². The highest BCUT2D eigenvalue weighted by atomic mass is 35.5. The SMILES string of the molecule is COCCNC(=O)c1ccc(Cl)c(NC(=O)c2ccccc2C)c1. The minimum Gasteiger partial charge on any atom is -0.383 e. The van der Waals surface area contributed by atoms with Crippen molar-refractivity contribution in [1.29, 1.82) is 0 Å². The van der Waals surface area contributed by atoms with Crippen LogP contribution in [0.1, 0.15) is 26.3 Å². The van der Waals surface area contributed by atoms with E-state index < -0.39 is 0 Å². The summed E-state index contributed by atoms with van der Waals surface area (Å²) >= 11 is 6.13. The molecule has 2 amide bonds. The molecular weight excluding hydrogens is 328 g/mol. The van der Waals surface area contributed by atoms with Crippen LogP contribution < -0.4 is 10.6 Å². The maximum Gasteiger partial charge on any atom is 0.255 e. The van der Waals surface area contributed by atoms with Gasteiger partial charge in [0.05, 0.1) is 17.3 Å². The molecule has 5 nitrogen and oxygen atoms in total. The minimum atomic E-state index is -0.271. The summed E-state index contributed by atoms with van der Waals surface area (Å²) in [4.78, 5) is 24.5. The van der Waals surface area contributed by atoms with E-state index in [4.69, 9.17) is 16.3 Å². The smallest absolute Gasteiger partial charge is 0.255 e. The molecule has 0 heterocycles. The zero-order valence-corrected chi connectivity index (χ0v) is 14.3. The standard InChI is InChI=1S/C18H19ClN2O3/c1-12-5-3-4-6-14(12)18(23)21-16-11-13(7-8-15(16)19)17(22)20-9-10-24-2/h3-8,11H,9-10H2,1-2H3,(H,20,22)(H,21,23). The van der Waals surface area contributed by atoms with Gasteiger partial charge in [0.15, 0.2) is 0 Å². The van der Waals surface area contributed by atoms with E-state index in [1.54, 1.807) is 37.4 Å². The molecule has 0 radical (unpaired) electrons. The molecule has 0 saturated heterocycles. The molecule has 6 heteroatoms. The van der Waals surface area contributed by atoms with Gasteiger partial charge in [-0.05, 0) is 36.8 Å². The Morgan fingerprint density at radius 3 is 2.58 bits per heavy atom. The molecule has 0 bridgehead atoms. The highest BCUT2D eigenvalue weighted by molar-refractivity contribution is 6.34. The number of carbonyl (C=O) groups is 2. The number of carbonyl (C=O) groups excluding carboxylic acids is 2. The number of anilines is 1. The number of halogens is 1. The Bertz CT molecular complexity index is 747. The highest BCUT2D eigenvalue weighted by Crippen LogP contribution is 2.24. The number of nitrogens with one attached hydrogen (secondary N) is 2. The van der Waals surface area contributed by atoms with E-state index in [0.29, 0.717) is 35.0 Å². The van der Waals surface area contributed by atoms with E-state index in [9.17, 15) is 9.59 Å². The van der Waals surface area contributed by atoms with Gasteiger partial charge in [-0.2, -0.15) is 0 Å². The van der Waals surface area contributed by atoms with Crippen LogP contribution in [0.3, 0.4) is 0 Å². The van der Waals surface area contributed by atoms with Crippen LogP contribution in [0, 0.1) is 6.92 Å². The number of aryl methyl sites for hydroxylation is 1. The third kappa shape index (κ3) is 4.57. The summed E-state index contributed by atoms with van der Waals surface area (Å²) in [6, 6.07) is 12.0. The molecule has 0 aliphatic rings. The number of amides is 2. The summed E-state index contributed by atoms with van der Waals surface area (Å²) in [6.45, 7) is 2.69. The van der Waals surface area contributed by atoms with Gasteiger partial charge < -0.3 is 15.4 Å². The molecule has 126 valence electrons. The van der Waals surface area contributed by atoms with Crippen LogP contribution in [-0.4, -0.2) is 32.1 Å². The summed E-state index contributed by atoms with van der Waals surface area (Å²) in [6.07, 6.45) is 0. The van der Waals surface area contributed by atoms with E-state index in [0.717, 1.165) is 5.56 Å². The van der Waals surface area contributed by atoms with Crippen molar-refractivity contribution >= 4 is 29.1 Å². The van der Waals surface area contributed by atoms with Crippen molar-refractivity contribution in [2.24, 2.45) is 0 Å². The number of methoxy groups -OCH3 is 1. The predicted molar refractivity (Wildman–Crippen MR) is 94.8 cm³/mol. The van der Waals surface area contributed by atoms with Crippen LogP contribution >= 0.6 is 11.6 Å². The fourth-order valence-electron chi connectivity index (χ4n) is 2.15. The first-order valence-corrected chi connectivity index (χ1v) is 7.84. The lowest BCUT2D eigenvalue weighted by molar-refractivity contribution is 0.0936. The molecule has 0 atom stereocenters. The highest BCUT2D eigenvalue weighted by Gasteiger charge is 2.13. The Morgan fingerprint density at radius 1 is 1.12 bits per heavy atom. The Morgan fingerprint density at radius 2 is 1.88 bits per heavy atom. The van der Waals surface area contributed by atoms with Gasteiger partial charge in [0, 0.05) is 24.8 Å². The summed E-state index contributed by atoms with van der Waals surface area (Å²) < 4.78 is 4.89. The van der Waals surface area contributed by atoms with E-state index in [1.807, 2.05) is 19.1 Å². The average molecular weight is 347 g/mol. The minimum absolute atomic E-state index is 0.255. The number of hydrogen-bond donors (Lipinski definition) is 2. The van der Waals surface area contributed by atoms with Crippen LogP contribution in [0.25, 0.3) is 0 Å². The fourth-order valence-corrected chi connectivity index (χ4v) is 2.31. The number of ether oxygens (including phenoxy) is 1. The lowest BCUT2D eigenvalue weighted by atomic mass is 10.1. The molecule has 0 spiro atoms. The van der Waals surface area contributed by atoms with Gasteiger partial charge in [-0.25, -0.2) is 0 Å². The first-order valence-electron chi connectivity index (χ1n) is 7.46. The van der Waals surface area contributed by atoms with Gasteiger partial charge in [-0.1, -0.05) is 29.8 Å². The molecular formula is C18H19ClN2O3. The molecule has 0 saturated carbocycles. The van der Waals surface area contributed by atoms with Crippen molar-refractivity contribution in [3.05, 3.63) is 64.2 Å². The zero-order chi connectivity index (χ0) is 17.5. The van der Waals surface area contributed by atoms with Gasteiger partial charge >= 0.3 is 0 Å². The van der Waals surface area contributed by atoms with Crippen molar-refractivity contribution in [3.63, 3.8) is 0 Å². The lowest BCUT2D eigenvalue weighted by Gasteiger charge is -2.11. The van der Waals surface area contributed by atoms with Crippen LogP contribution in [-0.2, 0) is 4.74 Å². The number of hydrogen-bond acceptors (Lipinski definition) is 3. The van der Waals surface area contributed by atoms with Gasteiger partial charge in [0.25, 0.3) is 11.8 Å². The summed E-state index contributed by atoms with van der Waals surface area (Å²) in [5.74, 6) is -0.526. The van der Waals surface area contributed by atoms with Crippen molar-refractivity contribution in [2.45, 2.75) is 6.92 Å². The van der Waals surface area contributed by atoms with Gasteiger partial charge in [-0.15, -0.1) is 0 Å². The molecule has 2 aromatic rings. The van der Waals surface area contributed by atoms with Crippen LogP contribution in [0.4, 0.5) is 5.69 Å². The second kappa shape index (κ2) is 8.47. The second-order valence-corrected chi connectivity index (χ2v) is 5.62. The first kappa shape index (κ1) is 18.0. The van der Waals surface area contributed by atoms with Crippen molar-refractivity contribution in [3.8, 4) is 0 Å². The van der Waals surface area contributed by atoms with Crippen molar-refractivity contribution in [2.75, 3.05) is 25.6 Å². The van der Waals surface area contributed by atoms with Gasteiger partial charge in [0.2, 0.25) is 0 Å². The molecule has 2 rings (SSSR count). The maximum atomic E-state index is 12.4. The van der Waals surface area contributed by atoms with E-state index in [2.05, 4.69) is 10.6 Å². The lowest BCUT2D eigenvalue weighted by Crippen LogP contribution is -2.27. The first-order chi connectivity index (χ1) is 11.5. The van der Waals surface area contributed by atoms with E-state index in [-0.39, 0.29) is 11.8 Å². The average Bonchev–Trinajstić information content (AvgIpc) is 2.57. The summed E-state index contributed by atoms with van der Waals surface area (Å²) in [5.41, 5.74) is 2.22. The second-order valence-electron chi connectivity index (χ2n) is 5.21. The Balaban J connectivity index is 2.15. The van der Waals surface area contributed by atoms with Crippen LogP contribution in [0.15, 0.2) is 42.5 Å². The Labute approximate surface area is 146 Å². The van der Waals surface area contributed by atoms with Crippen LogP contribution in [0.5, 0.6) is 0 Å². The Kier molecular flexibility index (Phi) is 6.35. The largest absolute Gasteiger partial charge is 0.383 e. The van der Waals surface area contributed by atoms with Crippen molar-refractivity contribution < 1.29 is 14.3 Å². The zero-order valence-electron chi connectivity index (χ0n) is 13.6. The van der Waals surface area contributed by atoms with E-state index >= 15 is 0 Å². The Hall–Kier alpha value is -2.37. The fraction of sp³-hybridized carbons (Fsp3) is 0.222. The normalized spacial score (nSPS) is 10.3. The van der Waals surface area contributed by atoms with Crippen LogP contribution in [0.2, 0.25) is 5.02 Å².